The maximum absolute atomic E-state index is 3.76. The molecule has 76 valence electrons. The molecule has 0 aliphatic rings. The van der Waals surface area contributed by atoms with Crippen molar-refractivity contribution in [3.63, 3.8) is 0 Å². The third kappa shape index (κ3) is 7.72. The average Bonchev–Trinajstić information content (AvgIpc) is 1.96. The molecule has 0 heterocycles. The third-order valence-electron chi connectivity index (χ3n) is 1.58. The summed E-state index contributed by atoms with van der Waals surface area (Å²) in [5, 5.41) is 0. The van der Waals surface area contributed by atoms with Crippen molar-refractivity contribution >= 4 is 13.5 Å². The molecule has 0 N–H and O–H groups in total. The van der Waals surface area contributed by atoms with Crippen LogP contribution in [0.3, 0.4) is 0 Å². The van der Waals surface area contributed by atoms with Gasteiger partial charge in [0.1, 0.15) is 0 Å². The minimum Gasteiger partial charge on any atom is -0.383 e. The van der Waals surface area contributed by atoms with Crippen molar-refractivity contribution in [3.8, 4) is 0 Å². The average molecular weight is 199 g/mol. The van der Waals surface area contributed by atoms with E-state index in [-0.39, 0.29) is 13.5 Å². The van der Waals surface area contributed by atoms with Crippen molar-refractivity contribution in [2.75, 3.05) is 14.1 Å². The van der Waals surface area contributed by atoms with Gasteiger partial charge in [-0.25, -0.2) is 0 Å². The second-order valence-electron chi connectivity index (χ2n) is 3.33. The molecule has 0 aromatic rings. The molecule has 0 saturated carbocycles. The van der Waals surface area contributed by atoms with Gasteiger partial charge in [0, 0.05) is 14.1 Å². The molecule has 0 bridgehead atoms. The molecule has 0 fully saturated rings. The molecule has 1 nitrogen and oxygen atoms in total. The van der Waals surface area contributed by atoms with Crippen LogP contribution in [0.2, 0.25) is 0 Å². The van der Waals surface area contributed by atoms with E-state index in [0.29, 0.717) is 5.92 Å². The molecule has 0 radical (unpaired) electrons. The topological polar surface area (TPSA) is 3.24 Å². The van der Waals surface area contributed by atoms with Crippen molar-refractivity contribution < 1.29 is 0 Å². The van der Waals surface area contributed by atoms with E-state index in [1.54, 1.807) is 0 Å². The van der Waals surface area contributed by atoms with Gasteiger partial charge in [-0.2, -0.15) is 13.5 Å². The number of rotatable bonds is 4. The SMILES string of the molecule is C=C/C(=C\C=C\N(C)C)C(C)C.S. The lowest BCUT2D eigenvalue weighted by Gasteiger charge is -2.05. The maximum Gasteiger partial charge on any atom is 0.00556 e. The number of hydrogen-bond donors (Lipinski definition) is 0. The fourth-order valence-electron chi connectivity index (χ4n) is 0.822. The van der Waals surface area contributed by atoms with E-state index in [1.165, 1.54) is 5.57 Å². The van der Waals surface area contributed by atoms with Crippen LogP contribution in [0.15, 0.2) is 36.6 Å². The molecule has 2 heteroatoms. The van der Waals surface area contributed by atoms with E-state index in [4.69, 9.17) is 0 Å². The number of allylic oxidation sites excluding steroid dienone is 4. The summed E-state index contributed by atoms with van der Waals surface area (Å²) in [5.74, 6) is 0.550. The molecule has 13 heavy (non-hydrogen) atoms. The summed E-state index contributed by atoms with van der Waals surface area (Å²) in [7, 11) is 4.01. The zero-order valence-electron chi connectivity index (χ0n) is 9.04. The third-order valence-corrected chi connectivity index (χ3v) is 1.58. The van der Waals surface area contributed by atoms with Crippen LogP contribution in [0.5, 0.6) is 0 Å². The van der Waals surface area contributed by atoms with Gasteiger partial charge < -0.3 is 4.90 Å². The molecule has 0 spiro atoms. The quantitative estimate of drug-likeness (QED) is 0.629. The minimum atomic E-state index is 0. The minimum absolute atomic E-state index is 0. The van der Waals surface area contributed by atoms with Crippen molar-refractivity contribution in [2.45, 2.75) is 13.8 Å². The van der Waals surface area contributed by atoms with Crippen LogP contribution in [0.1, 0.15) is 13.8 Å². The van der Waals surface area contributed by atoms with Crippen molar-refractivity contribution in [3.05, 3.63) is 36.6 Å². The summed E-state index contributed by atoms with van der Waals surface area (Å²) in [4.78, 5) is 2.01. The molecule has 0 rings (SSSR count). The number of nitrogens with zero attached hydrogens (tertiary/aromatic N) is 1. The summed E-state index contributed by atoms with van der Waals surface area (Å²) < 4.78 is 0. The van der Waals surface area contributed by atoms with Crippen LogP contribution in [-0.2, 0) is 0 Å². The summed E-state index contributed by atoms with van der Waals surface area (Å²) in [6, 6.07) is 0. The molecule has 0 aromatic heterocycles. The zero-order chi connectivity index (χ0) is 9.56. The van der Waals surface area contributed by atoms with Gasteiger partial charge in [-0.15, -0.1) is 0 Å². The van der Waals surface area contributed by atoms with Crippen LogP contribution < -0.4 is 0 Å². The normalized spacial score (nSPS) is 11.6. The highest BCUT2D eigenvalue weighted by Gasteiger charge is 1.94. The highest BCUT2D eigenvalue weighted by atomic mass is 32.1. The Bertz CT molecular complexity index is 190. The fraction of sp³-hybridized carbons (Fsp3) is 0.455. The van der Waals surface area contributed by atoms with Gasteiger partial charge >= 0.3 is 0 Å². The zero-order valence-corrected chi connectivity index (χ0v) is 10.0. The van der Waals surface area contributed by atoms with E-state index in [2.05, 4.69) is 26.5 Å². The first-order valence-electron chi connectivity index (χ1n) is 4.25. The standard InChI is InChI=1S/C11H19N.H2S/c1-6-11(10(2)3)8-7-9-12(4)5;/h6-10H,1H2,2-5H3;1H2/b9-7+,11-8+;. The first-order chi connectivity index (χ1) is 5.57. The molecule has 0 aromatic carbocycles. The molecule has 0 atom stereocenters. The number of hydrogen-bond acceptors (Lipinski definition) is 1. The Morgan fingerprint density at radius 3 is 2.15 bits per heavy atom. The largest absolute Gasteiger partial charge is 0.383 e. The van der Waals surface area contributed by atoms with Gasteiger partial charge in [0.2, 0.25) is 0 Å². The lowest BCUT2D eigenvalue weighted by atomic mass is 10.0. The lowest BCUT2D eigenvalue weighted by molar-refractivity contribution is 0.564. The fourth-order valence-corrected chi connectivity index (χ4v) is 0.822. The van der Waals surface area contributed by atoms with Gasteiger partial charge in [0.15, 0.2) is 0 Å². The molecule has 0 saturated heterocycles. The first-order valence-corrected chi connectivity index (χ1v) is 4.25. The van der Waals surface area contributed by atoms with E-state index in [9.17, 15) is 0 Å². The van der Waals surface area contributed by atoms with Crippen LogP contribution in [0.25, 0.3) is 0 Å². The van der Waals surface area contributed by atoms with Crippen molar-refractivity contribution in [1.29, 1.82) is 0 Å². The molecule has 0 aliphatic carbocycles. The second kappa shape index (κ2) is 7.99. The molecule has 0 amide bonds. The van der Waals surface area contributed by atoms with Gasteiger partial charge in [-0.3, -0.25) is 0 Å². The van der Waals surface area contributed by atoms with Gasteiger partial charge in [-0.1, -0.05) is 32.6 Å². The Labute approximate surface area is 89.3 Å². The molecular formula is C11H21NS. The summed E-state index contributed by atoms with van der Waals surface area (Å²) >= 11 is 0. The second-order valence-corrected chi connectivity index (χ2v) is 3.33. The van der Waals surface area contributed by atoms with Crippen LogP contribution >= 0.6 is 13.5 Å². The first kappa shape index (κ1) is 14.9. The Morgan fingerprint density at radius 2 is 1.85 bits per heavy atom. The molecule has 0 unspecified atom stereocenters. The van der Waals surface area contributed by atoms with Crippen LogP contribution in [-0.4, -0.2) is 19.0 Å². The van der Waals surface area contributed by atoms with E-state index in [1.807, 2.05) is 37.3 Å². The van der Waals surface area contributed by atoms with E-state index >= 15 is 0 Å². The van der Waals surface area contributed by atoms with Gasteiger partial charge in [-0.05, 0) is 23.8 Å². The summed E-state index contributed by atoms with van der Waals surface area (Å²) in [6.45, 7) is 8.09. The Morgan fingerprint density at radius 1 is 1.31 bits per heavy atom. The van der Waals surface area contributed by atoms with Gasteiger partial charge in [0.05, 0.1) is 0 Å². The predicted molar refractivity (Wildman–Crippen MR) is 66.3 cm³/mol. The summed E-state index contributed by atoms with van der Waals surface area (Å²) in [5.41, 5.74) is 1.27. The predicted octanol–water partition coefficient (Wildman–Crippen LogP) is 2.94. The van der Waals surface area contributed by atoms with Crippen molar-refractivity contribution in [2.24, 2.45) is 5.92 Å². The lowest BCUT2D eigenvalue weighted by Crippen LogP contribution is -1.99. The van der Waals surface area contributed by atoms with E-state index in [0.717, 1.165) is 0 Å². The molecule has 0 aliphatic heterocycles. The van der Waals surface area contributed by atoms with E-state index < -0.39 is 0 Å². The smallest absolute Gasteiger partial charge is 0.00556 e. The monoisotopic (exact) mass is 199 g/mol. The van der Waals surface area contributed by atoms with Gasteiger partial charge in [0.25, 0.3) is 0 Å². The Hall–Kier alpha value is -0.630. The highest BCUT2D eigenvalue weighted by molar-refractivity contribution is 7.59. The summed E-state index contributed by atoms with van der Waals surface area (Å²) in [6.07, 6.45) is 8.06. The Kier molecular flexibility index (Phi) is 9.14. The highest BCUT2D eigenvalue weighted by Crippen LogP contribution is 2.09. The molecular weight excluding hydrogens is 178 g/mol. The maximum atomic E-state index is 3.76. The Balaban J connectivity index is 0. The van der Waals surface area contributed by atoms with Crippen molar-refractivity contribution in [1.82, 2.24) is 4.90 Å². The van der Waals surface area contributed by atoms with Crippen LogP contribution in [0.4, 0.5) is 0 Å². The van der Waals surface area contributed by atoms with Crippen LogP contribution in [0, 0.1) is 5.92 Å².